The number of nitrogens with two attached hydrogens (primary N) is 1. The maximum absolute atomic E-state index is 12.1. The van der Waals surface area contributed by atoms with E-state index >= 15 is 0 Å². The molecule has 2 aliphatic rings. The molecule has 1 saturated heterocycles. The number of nitrogens with one attached hydrogen (secondary N) is 1. The summed E-state index contributed by atoms with van der Waals surface area (Å²) in [6.07, 6.45) is 4.29. The fourth-order valence-corrected chi connectivity index (χ4v) is 2.82. The minimum atomic E-state index is 0.0000650. The van der Waals surface area contributed by atoms with Crippen molar-refractivity contribution < 1.29 is 9.53 Å². The van der Waals surface area contributed by atoms with Crippen LogP contribution in [0.3, 0.4) is 0 Å². The maximum atomic E-state index is 12.1. The molecule has 18 heavy (non-hydrogen) atoms. The van der Waals surface area contributed by atoms with Crippen LogP contribution < -0.4 is 11.1 Å². The van der Waals surface area contributed by atoms with Gasteiger partial charge in [-0.1, -0.05) is 12.8 Å². The lowest BCUT2D eigenvalue weighted by molar-refractivity contribution is -0.127. The third-order valence-electron chi connectivity index (χ3n) is 4.00. The highest BCUT2D eigenvalue weighted by atomic mass is 16.5. The molecular weight excluding hydrogens is 230 g/mol. The van der Waals surface area contributed by atoms with Crippen LogP contribution in [0.2, 0.25) is 0 Å². The third-order valence-corrected chi connectivity index (χ3v) is 4.00. The van der Waals surface area contributed by atoms with Crippen LogP contribution in [0.1, 0.15) is 25.7 Å². The van der Waals surface area contributed by atoms with Crippen LogP contribution >= 0.6 is 0 Å². The van der Waals surface area contributed by atoms with Gasteiger partial charge in [-0.25, -0.2) is 0 Å². The minimum Gasteiger partial charge on any atom is -0.374 e. The third kappa shape index (κ3) is 3.67. The largest absolute Gasteiger partial charge is 0.374 e. The SMILES string of the molecule is CN1CCOC(CNC(=O)C2CCCCC2N)C1. The van der Waals surface area contributed by atoms with Crippen molar-refractivity contribution in [3.63, 3.8) is 0 Å². The topological polar surface area (TPSA) is 67.6 Å². The van der Waals surface area contributed by atoms with E-state index in [2.05, 4.69) is 17.3 Å². The fourth-order valence-electron chi connectivity index (χ4n) is 2.82. The van der Waals surface area contributed by atoms with Gasteiger partial charge in [0.05, 0.1) is 18.6 Å². The van der Waals surface area contributed by atoms with Crippen molar-refractivity contribution in [2.45, 2.75) is 37.8 Å². The zero-order valence-corrected chi connectivity index (χ0v) is 11.2. The predicted octanol–water partition coefficient (Wildman–Crippen LogP) is -0.0493. The first-order valence-electron chi connectivity index (χ1n) is 7.00. The van der Waals surface area contributed by atoms with Crippen LogP contribution in [0.25, 0.3) is 0 Å². The molecule has 3 N–H and O–H groups in total. The molecule has 3 unspecified atom stereocenters. The molecule has 0 aromatic carbocycles. The second kappa shape index (κ2) is 6.50. The first kappa shape index (κ1) is 13.8. The second-order valence-electron chi connectivity index (χ2n) is 5.55. The Morgan fingerprint density at radius 1 is 1.44 bits per heavy atom. The molecule has 0 bridgehead atoms. The summed E-state index contributed by atoms with van der Waals surface area (Å²) < 4.78 is 5.63. The summed E-state index contributed by atoms with van der Waals surface area (Å²) in [6.45, 7) is 3.21. The van der Waals surface area contributed by atoms with Gasteiger partial charge in [-0.05, 0) is 19.9 Å². The van der Waals surface area contributed by atoms with Crippen LogP contribution in [0, 0.1) is 5.92 Å². The number of ether oxygens (including phenoxy) is 1. The second-order valence-corrected chi connectivity index (χ2v) is 5.55. The van der Waals surface area contributed by atoms with E-state index in [0.717, 1.165) is 45.4 Å². The molecule has 5 heteroatoms. The molecule has 1 aliphatic heterocycles. The van der Waals surface area contributed by atoms with Crippen molar-refractivity contribution in [3.05, 3.63) is 0 Å². The monoisotopic (exact) mass is 255 g/mol. The number of likely N-dealkylation sites (N-methyl/N-ethyl adjacent to an activating group) is 1. The van der Waals surface area contributed by atoms with E-state index in [-0.39, 0.29) is 24.0 Å². The van der Waals surface area contributed by atoms with Crippen LogP contribution in [-0.2, 0) is 9.53 Å². The van der Waals surface area contributed by atoms with Gasteiger partial charge < -0.3 is 20.7 Å². The zero-order chi connectivity index (χ0) is 13.0. The zero-order valence-electron chi connectivity index (χ0n) is 11.2. The van der Waals surface area contributed by atoms with E-state index in [1.165, 1.54) is 0 Å². The first-order chi connectivity index (χ1) is 8.66. The van der Waals surface area contributed by atoms with E-state index in [9.17, 15) is 4.79 Å². The number of carbonyl (C=O) groups excluding carboxylic acids is 1. The number of rotatable bonds is 3. The van der Waals surface area contributed by atoms with Crippen LogP contribution in [0.5, 0.6) is 0 Å². The lowest BCUT2D eigenvalue weighted by atomic mass is 9.84. The van der Waals surface area contributed by atoms with E-state index < -0.39 is 0 Å². The number of nitrogens with zero attached hydrogens (tertiary/aromatic N) is 1. The van der Waals surface area contributed by atoms with Crippen molar-refractivity contribution in [2.75, 3.05) is 33.3 Å². The van der Waals surface area contributed by atoms with Gasteiger partial charge in [-0.3, -0.25) is 4.79 Å². The Labute approximate surface area is 109 Å². The molecule has 1 amide bonds. The normalized spacial score (nSPS) is 34.2. The Morgan fingerprint density at radius 2 is 2.22 bits per heavy atom. The smallest absolute Gasteiger partial charge is 0.224 e. The average Bonchev–Trinajstić information content (AvgIpc) is 2.37. The summed E-state index contributed by atoms with van der Waals surface area (Å²) in [5, 5.41) is 3.00. The van der Waals surface area contributed by atoms with Gasteiger partial charge in [-0.15, -0.1) is 0 Å². The minimum absolute atomic E-state index is 0.0000650. The van der Waals surface area contributed by atoms with Crippen molar-refractivity contribution in [1.29, 1.82) is 0 Å². The van der Waals surface area contributed by atoms with Gasteiger partial charge in [0.1, 0.15) is 0 Å². The molecule has 0 aromatic heterocycles. The molecule has 1 saturated carbocycles. The molecular formula is C13H25N3O2. The summed E-state index contributed by atoms with van der Waals surface area (Å²) in [7, 11) is 2.08. The van der Waals surface area contributed by atoms with Crippen LogP contribution in [0.4, 0.5) is 0 Å². The number of amides is 1. The summed E-state index contributed by atoms with van der Waals surface area (Å²) in [5.74, 6) is 0.110. The van der Waals surface area contributed by atoms with Crippen molar-refractivity contribution in [1.82, 2.24) is 10.2 Å². The Bertz CT molecular complexity index is 285. The molecule has 2 rings (SSSR count). The quantitative estimate of drug-likeness (QED) is 0.742. The number of carbonyl (C=O) groups is 1. The highest BCUT2D eigenvalue weighted by Crippen LogP contribution is 2.22. The van der Waals surface area contributed by atoms with Gasteiger partial charge in [0.2, 0.25) is 5.91 Å². The van der Waals surface area contributed by atoms with Crippen molar-refractivity contribution in [2.24, 2.45) is 11.7 Å². The molecule has 2 fully saturated rings. The van der Waals surface area contributed by atoms with Crippen LogP contribution in [0.15, 0.2) is 0 Å². The van der Waals surface area contributed by atoms with Gasteiger partial charge in [0.25, 0.3) is 0 Å². The molecule has 104 valence electrons. The van der Waals surface area contributed by atoms with Crippen LogP contribution in [-0.4, -0.2) is 56.2 Å². The molecule has 1 heterocycles. The Balaban J connectivity index is 1.73. The van der Waals surface area contributed by atoms with Gasteiger partial charge in [0.15, 0.2) is 0 Å². The Kier molecular flexibility index (Phi) is 4.97. The van der Waals surface area contributed by atoms with Crippen molar-refractivity contribution in [3.8, 4) is 0 Å². The molecule has 0 radical (unpaired) electrons. The number of morpholine rings is 1. The summed E-state index contributed by atoms with van der Waals surface area (Å²) in [4.78, 5) is 14.3. The Hall–Kier alpha value is -0.650. The molecule has 0 aromatic rings. The van der Waals surface area contributed by atoms with E-state index in [1.54, 1.807) is 0 Å². The predicted molar refractivity (Wildman–Crippen MR) is 70.2 cm³/mol. The Morgan fingerprint density at radius 3 is 2.94 bits per heavy atom. The molecule has 0 spiro atoms. The van der Waals surface area contributed by atoms with Gasteiger partial charge >= 0.3 is 0 Å². The highest BCUT2D eigenvalue weighted by Gasteiger charge is 2.28. The lowest BCUT2D eigenvalue weighted by Crippen LogP contribution is -2.49. The number of hydrogen-bond donors (Lipinski definition) is 2. The highest BCUT2D eigenvalue weighted by molar-refractivity contribution is 5.79. The molecule has 1 aliphatic carbocycles. The first-order valence-corrected chi connectivity index (χ1v) is 7.00. The number of hydrogen-bond acceptors (Lipinski definition) is 4. The standard InChI is InChI=1S/C13H25N3O2/c1-16-6-7-18-10(9-16)8-15-13(17)11-4-2-3-5-12(11)14/h10-12H,2-9,14H2,1H3,(H,15,17). The average molecular weight is 255 g/mol. The summed E-state index contributed by atoms with van der Waals surface area (Å²) in [6, 6.07) is 0.0358. The van der Waals surface area contributed by atoms with E-state index in [1.807, 2.05) is 0 Å². The van der Waals surface area contributed by atoms with Crippen molar-refractivity contribution >= 4 is 5.91 Å². The maximum Gasteiger partial charge on any atom is 0.224 e. The fraction of sp³-hybridized carbons (Fsp3) is 0.923. The summed E-state index contributed by atoms with van der Waals surface area (Å²) >= 11 is 0. The molecule has 5 nitrogen and oxygen atoms in total. The van der Waals surface area contributed by atoms with E-state index in [4.69, 9.17) is 10.5 Å². The summed E-state index contributed by atoms with van der Waals surface area (Å²) in [5.41, 5.74) is 6.01. The van der Waals surface area contributed by atoms with Gasteiger partial charge in [0, 0.05) is 25.7 Å². The lowest BCUT2D eigenvalue weighted by Gasteiger charge is -2.31. The van der Waals surface area contributed by atoms with E-state index in [0.29, 0.717) is 6.54 Å². The van der Waals surface area contributed by atoms with Gasteiger partial charge in [-0.2, -0.15) is 0 Å². The molecule has 3 atom stereocenters.